The van der Waals surface area contributed by atoms with Gasteiger partial charge >= 0.3 is 0 Å². The van der Waals surface area contributed by atoms with Crippen molar-refractivity contribution in [3.8, 4) is 0 Å². The van der Waals surface area contributed by atoms with Gasteiger partial charge in [-0.3, -0.25) is 0 Å². The second-order valence-corrected chi connectivity index (χ2v) is 3.69. The fourth-order valence-corrected chi connectivity index (χ4v) is 1.73. The molecule has 0 saturated heterocycles. The highest BCUT2D eigenvalue weighted by Gasteiger charge is 1.98. The van der Waals surface area contributed by atoms with Crippen LogP contribution in [0.2, 0.25) is 0 Å². The van der Waals surface area contributed by atoms with Crippen molar-refractivity contribution >= 4 is 16.5 Å². The van der Waals surface area contributed by atoms with E-state index in [1.54, 1.807) is 11.3 Å². The molecule has 0 aliphatic heterocycles. The van der Waals surface area contributed by atoms with Gasteiger partial charge in [-0.15, -0.1) is 11.3 Å². The van der Waals surface area contributed by atoms with Crippen LogP contribution in [0.4, 0.5) is 5.13 Å². The predicted octanol–water partition coefficient (Wildman–Crippen LogP) is 1.90. The summed E-state index contributed by atoms with van der Waals surface area (Å²) in [6, 6.07) is 0. The third-order valence-electron chi connectivity index (χ3n) is 2.03. The lowest BCUT2D eigenvalue weighted by atomic mass is 10.5. The Morgan fingerprint density at radius 2 is 2.23 bits per heavy atom. The van der Waals surface area contributed by atoms with Crippen molar-refractivity contribution in [2.24, 2.45) is 0 Å². The molecule has 4 heteroatoms. The number of likely N-dealkylation sites (N-methyl/N-ethyl adjacent to an activating group) is 1. The molecular weight excluding hydrogens is 182 g/mol. The molecule has 0 spiro atoms. The van der Waals surface area contributed by atoms with Gasteiger partial charge in [0.15, 0.2) is 5.13 Å². The monoisotopic (exact) mass is 199 g/mol. The van der Waals surface area contributed by atoms with Gasteiger partial charge < -0.3 is 10.2 Å². The molecule has 0 atom stereocenters. The largest absolute Gasteiger partial charge is 0.360 e. The van der Waals surface area contributed by atoms with Crippen LogP contribution < -0.4 is 5.32 Å². The van der Waals surface area contributed by atoms with E-state index in [1.807, 2.05) is 11.6 Å². The van der Waals surface area contributed by atoms with Gasteiger partial charge in [0.1, 0.15) is 0 Å². The summed E-state index contributed by atoms with van der Waals surface area (Å²) in [5.74, 6) is 0. The van der Waals surface area contributed by atoms with Crippen molar-refractivity contribution in [2.45, 2.75) is 13.8 Å². The lowest BCUT2D eigenvalue weighted by Gasteiger charge is -2.17. The van der Waals surface area contributed by atoms with Crippen LogP contribution in [0.1, 0.15) is 13.8 Å². The van der Waals surface area contributed by atoms with Crippen LogP contribution in [0, 0.1) is 0 Å². The highest BCUT2D eigenvalue weighted by atomic mass is 32.1. The summed E-state index contributed by atoms with van der Waals surface area (Å²) in [7, 11) is 0. The molecular formula is C9H17N3S. The third-order valence-corrected chi connectivity index (χ3v) is 2.76. The van der Waals surface area contributed by atoms with Crippen molar-refractivity contribution in [3.05, 3.63) is 11.6 Å². The Morgan fingerprint density at radius 1 is 1.46 bits per heavy atom. The van der Waals surface area contributed by atoms with Gasteiger partial charge in [0, 0.05) is 24.7 Å². The molecule has 0 aliphatic rings. The molecule has 0 aromatic carbocycles. The van der Waals surface area contributed by atoms with Crippen molar-refractivity contribution in [1.29, 1.82) is 0 Å². The minimum Gasteiger partial charge on any atom is -0.360 e. The second-order valence-electron chi connectivity index (χ2n) is 2.79. The fourth-order valence-electron chi connectivity index (χ4n) is 1.17. The molecule has 0 fully saturated rings. The van der Waals surface area contributed by atoms with Crippen LogP contribution in [0.15, 0.2) is 11.6 Å². The van der Waals surface area contributed by atoms with E-state index in [2.05, 4.69) is 29.0 Å². The quantitative estimate of drug-likeness (QED) is 0.758. The molecule has 1 N–H and O–H groups in total. The van der Waals surface area contributed by atoms with Crippen molar-refractivity contribution < 1.29 is 0 Å². The highest BCUT2D eigenvalue weighted by Crippen LogP contribution is 2.09. The Bertz CT molecular complexity index is 207. The van der Waals surface area contributed by atoms with E-state index < -0.39 is 0 Å². The maximum atomic E-state index is 4.15. The van der Waals surface area contributed by atoms with E-state index >= 15 is 0 Å². The molecule has 0 amide bonds. The summed E-state index contributed by atoms with van der Waals surface area (Å²) in [5, 5.41) is 6.30. The molecule has 0 saturated carbocycles. The molecule has 0 bridgehead atoms. The molecule has 3 nitrogen and oxygen atoms in total. The zero-order valence-corrected chi connectivity index (χ0v) is 9.10. The number of anilines is 1. The topological polar surface area (TPSA) is 28.2 Å². The number of hydrogen-bond donors (Lipinski definition) is 1. The van der Waals surface area contributed by atoms with Gasteiger partial charge in [0.25, 0.3) is 0 Å². The Kier molecular flexibility index (Phi) is 4.78. The van der Waals surface area contributed by atoms with Crippen LogP contribution >= 0.6 is 11.3 Å². The zero-order chi connectivity index (χ0) is 9.52. The van der Waals surface area contributed by atoms with E-state index in [0.29, 0.717) is 0 Å². The van der Waals surface area contributed by atoms with E-state index in [0.717, 1.165) is 31.3 Å². The fraction of sp³-hybridized carbons (Fsp3) is 0.667. The summed E-state index contributed by atoms with van der Waals surface area (Å²) in [6.45, 7) is 8.69. The molecule has 74 valence electrons. The number of hydrogen-bond acceptors (Lipinski definition) is 4. The molecule has 0 unspecified atom stereocenters. The van der Waals surface area contributed by atoms with E-state index in [1.165, 1.54) is 0 Å². The Labute approximate surface area is 83.8 Å². The Hall–Kier alpha value is -0.610. The predicted molar refractivity (Wildman–Crippen MR) is 58.4 cm³/mol. The Balaban J connectivity index is 2.13. The van der Waals surface area contributed by atoms with Gasteiger partial charge in [0.2, 0.25) is 0 Å². The van der Waals surface area contributed by atoms with Gasteiger partial charge in [-0.2, -0.15) is 0 Å². The number of nitrogens with zero attached hydrogens (tertiary/aromatic N) is 2. The van der Waals surface area contributed by atoms with Gasteiger partial charge in [-0.1, -0.05) is 13.8 Å². The number of thiazole rings is 1. The van der Waals surface area contributed by atoms with Crippen LogP contribution in [0.25, 0.3) is 0 Å². The first kappa shape index (κ1) is 10.5. The maximum absolute atomic E-state index is 4.15. The van der Waals surface area contributed by atoms with Gasteiger partial charge in [-0.25, -0.2) is 4.98 Å². The smallest absolute Gasteiger partial charge is 0.182 e. The summed E-state index contributed by atoms with van der Waals surface area (Å²) in [6.07, 6.45) is 1.82. The first-order valence-electron chi connectivity index (χ1n) is 4.72. The van der Waals surface area contributed by atoms with E-state index in [-0.39, 0.29) is 0 Å². The highest BCUT2D eigenvalue weighted by molar-refractivity contribution is 7.13. The summed E-state index contributed by atoms with van der Waals surface area (Å²) in [4.78, 5) is 6.54. The molecule has 1 heterocycles. The molecule has 13 heavy (non-hydrogen) atoms. The maximum Gasteiger partial charge on any atom is 0.182 e. The SMILES string of the molecule is CCN(CC)CCNc1nccs1. The summed E-state index contributed by atoms with van der Waals surface area (Å²) in [5.41, 5.74) is 0. The first-order valence-corrected chi connectivity index (χ1v) is 5.60. The number of aromatic nitrogens is 1. The van der Waals surface area contributed by atoms with Crippen molar-refractivity contribution in [1.82, 2.24) is 9.88 Å². The zero-order valence-electron chi connectivity index (χ0n) is 8.29. The van der Waals surface area contributed by atoms with Crippen LogP contribution in [0.5, 0.6) is 0 Å². The summed E-state index contributed by atoms with van der Waals surface area (Å²) < 4.78 is 0. The molecule has 0 aliphatic carbocycles. The van der Waals surface area contributed by atoms with Gasteiger partial charge in [0.05, 0.1) is 0 Å². The van der Waals surface area contributed by atoms with Crippen LogP contribution in [-0.4, -0.2) is 36.1 Å². The minimum absolute atomic E-state index is 0.981. The van der Waals surface area contributed by atoms with E-state index in [4.69, 9.17) is 0 Å². The number of nitrogens with one attached hydrogen (secondary N) is 1. The second kappa shape index (κ2) is 5.94. The molecule has 1 aromatic heterocycles. The average Bonchev–Trinajstić information content (AvgIpc) is 2.65. The lowest BCUT2D eigenvalue weighted by Crippen LogP contribution is -2.28. The van der Waals surface area contributed by atoms with Crippen molar-refractivity contribution in [2.75, 3.05) is 31.5 Å². The van der Waals surface area contributed by atoms with E-state index in [9.17, 15) is 0 Å². The lowest BCUT2D eigenvalue weighted by molar-refractivity contribution is 0.316. The van der Waals surface area contributed by atoms with Crippen molar-refractivity contribution in [3.63, 3.8) is 0 Å². The van der Waals surface area contributed by atoms with Crippen LogP contribution in [-0.2, 0) is 0 Å². The first-order chi connectivity index (χ1) is 6.36. The molecule has 1 rings (SSSR count). The minimum atomic E-state index is 0.981. The van der Waals surface area contributed by atoms with Gasteiger partial charge in [-0.05, 0) is 13.1 Å². The summed E-state index contributed by atoms with van der Waals surface area (Å²) >= 11 is 1.65. The normalized spacial score (nSPS) is 10.7. The number of rotatable bonds is 6. The standard InChI is InChI=1S/C9H17N3S/c1-3-12(4-2)7-5-10-9-11-6-8-13-9/h6,8H,3-5,7H2,1-2H3,(H,10,11). The van der Waals surface area contributed by atoms with Crippen LogP contribution in [0.3, 0.4) is 0 Å². The molecule has 0 radical (unpaired) electrons. The molecule has 1 aromatic rings. The third kappa shape index (κ3) is 3.74. The Morgan fingerprint density at radius 3 is 2.77 bits per heavy atom. The average molecular weight is 199 g/mol.